The van der Waals surface area contributed by atoms with Gasteiger partial charge in [0.15, 0.2) is 0 Å². The number of hydrogen-bond acceptors (Lipinski definition) is 2. The zero-order valence-corrected chi connectivity index (χ0v) is 15.2. The van der Waals surface area contributed by atoms with E-state index in [4.69, 9.17) is 4.74 Å². The average Bonchev–Trinajstić information content (AvgIpc) is 2.83. The number of para-hydroxylation sites is 1. The van der Waals surface area contributed by atoms with Crippen molar-refractivity contribution in [3.05, 3.63) is 56.0 Å². The van der Waals surface area contributed by atoms with Crippen LogP contribution < -0.4 is 10.1 Å². The van der Waals surface area contributed by atoms with E-state index in [1.54, 1.807) is 7.11 Å². The third kappa shape index (κ3) is 2.48. The van der Waals surface area contributed by atoms with Gasteiger partial charge >= 0.3 is 0 Å². The summed E-state index contributed by atoms with van der Waals surface area (Å²) in [4.78, 5) is 12.4. The second kappa shape index (κ2) is 5.89. The van der Waals surface area contributed by atoms with Crippen LogP contribution in [-0.4, -0.2) is 13.0 Å². The molecule has 2 aromatic rings. The van der Waals surface area contributed by atoms with Crippen molar-refractivity contribution in [2.24, 2.45) is 0 Å². The zero-order valence-electron chi connectivity index (χ0n) is 12.0. The lowest BCUT2D eigenvalue weighted by atomic mass is 9.99. The lowest BCUT2D eigenvalue weighted by Crippen LogP contribution is -2.04. The van der Waals surface area contributed by atoms with Crippen LogP contribution in [0.5, 0.6) is 5.75 Å². The Balaban J connectivity index is 2.23. The summed E-state index contributed by atoms with van der Waals surface area (Å²) < 4.78 is 7.18. The third-order valence-electron chi connectivity index (χ3n) is 3.67. The molecule has 112 valence electrons. The first-order valence-corrected chi connectivity index (χ1v) is 8.26. The summed E-state index contributed by atoms with van der Waals surface area (Å²) in [5.41, 5.74) is 4.26. The van der Waals surface area contributed by atoms with Crippen LogP contribution in [0.3, 0.4) is 0 Å². The Morgan fingerprint density at radius 2 is 1.91 bits per heavy atom. The molecule has 0 fully saturated rings. The highest BCUT2D eigenvalue weighted by molar-refractivity contribution is 9.11. The Morgan fingerprint density at radius 1 is 1.18 bits per heavy atom. The summed E-state index contributed by atoms with van der Waals surface area (Å²) in [5.74, 6) is 0.630. The fraction of sp³-hybridized carbons (Fsp3) is 0.118. The molecule has 1 aliphatic rings. The summed E-state index contributed by atoms with van der Waals surface area (Å²) in [6, 6.07) is 9.58. The predicted molar refractivity (Wildman–Crippen MR) is 96.1 cm³/mol. The van der Waals surface area contributed by atoms with E-state index in [9.17, 15) is 4.79 Å². The van der Waals surface area contributed by atoms with Crippen molar-refractivity contribution in [3.63, 3.8) is 0 Å². The minimum absolute atomic E-state index is 0.109. The van der Waals surface area contributed by atoms with Crippen LogP contribution in [0, 0.1) is 6.92 Å². The molecule has 0 unspecified atom stereocenters. The first kappa shape index (κ1) is 15.3. The standard InChI is InChI=1S/C17H13Br2NO2/c1-9-12(18)8-13(19)16-15(9)11(17(21)20-16)7-10-5-3-4-6-14(10)22-2/h3-8H,1-2H3,(H,20,21). The molecular weight excluding hydrogens is 410 g/mol. The van der Waals surface area contributed by atoms with Crippen LogP contribution in [-0.2, 0) is 4.79 Å². The number of anilines is 1. The van der Waals surface area contributed by atoms with Crippen LogP contribution in [0.25, 0.3) is 11.6 Å². The highest BCUT2D eigenvalue weighted by Gasteiger charge is 2.29. The van der Waals surface area contributed by atoms with E-state index in [1.165, 1.54) is 0 Å². The highest BCUT2D eigenvalue weighted by atomic mass is 79.9. The molecule has 0 saturated carbocycles. The van der Waals surface area contributed by atoms with Crippen LogP contribution in [0.2, 0.25) is 0 Å². The second-order valence-electron chi connectivity index (χ2n) is 4.97. The number of hydrogen-bond donors (Lipinski definition) is 1. The van der Waals surface area contributed by atoms with Gasteiger partial charge in [0.25, 0.3) is 5.91 Å². The Labute approximate surface area is 145 Å². The number of rotatable bonds is 2. The maximum atomic E-state index is 12.4. The molecule has 0 bridgehead atoms. The van der Waals surface area contributed by atoms with Crippen LogP contribution in [0.1, 0.15) is 16.7 Å². The number of ether oxygens (including phenoxy) is 1. The predicted octanol–water partition coefficient (Wildman–Crippen LogP) is 5.02. The van der Waals surface area contributed by atoms with E-state index >= 15 is 0 Å². The molecule has 5 heteroatoms. The molecule has 0 saturated heterocycles. The maximum Gasteiger partial charge on any atom is 0.256 e. The fourth-order valence-electron chi connectivity index (χ4n) is 2.55. The molecule has 0 radical (unpaired) electrons. The minimum atomic E-state index is -0.109. The van der Waals surface area contributed by atoms with Gasteiger partial charge in [0.05, 0.1) is 18.4 Å². The van der Waals surface area contributed by atoms with Gasteiger partial charge in [-0.25, -0.2) is 0 Å². The average molecular weight is 423 g/mol. The van der Waals surface area contributed by atoms with Gasteiger partial charge < -0.3 is 10.1 Å². The Bertz CT molecular complexity index is 813. The lowest BCUT2D eigenvalue weighted by Gasteiger charge is -2.09. The molecule has 1 aliphatic heterocycles. The van der Waals surface area contributed by atoms with Gasteiger partial charge in [-0.2, -0.15) is 0 Å². The number of amides is 1. The molecular formula is C17H13Br2NO2. The van der Waals surface area contributed by atoms with Gasteiger partial charge in [-0.15, -0.1) is 0 Å². The van der Waals surface area contributed by atoms with E-state index in [0.717, 1.165) is 37.1 Å². The smallest absolute Gasteiger partial charge is 0.256 e. The van der Waals surface area contributed by atoms with Gasteiger partial charge in [-0.1, -0.05) is 34.1 Å². The van der Waals surface area contributed by atoms with E-state index < -0.39 is 0 Å². The molecule has 0 aliphatic carbocycles. The number of carbonyl (C=O) groups excluding carboxylic acids is 1. The van der Waals surface area contributed by atoms with E-state index in [2.05, 4.69) is 37.2 Å². The van der Waals surface area contributed by atoms with Crippen molar-refractivity contribution in [3.8, 4) is 5.75 Å². The van der Waals surface area contributed by atoms with Crippen molar-refractivity contribution >= 4 is 55.1 Å². The lowest BCUT2D eigenvalue weighted by molar-refractivity contribution is -0.110. The van der Waals surface area contributed by atoms with Crippen molar-refractivity contribution in [1.29, 1.82) is 0 Å². The maximum absolute atomic E-state index is 12.4. The van der Waals surface area contributed by atoms with Crippen LogP contribution >= 0.6 is 31.9 Å². The normalized spacial score (nSPS) is 14.9. The van der Waals surface area contributed by atoms with Gasteiger partial charge in [0.2, 0.25) is 0 Å². The molecule has 0 atom stereocenters. The third-order valence-corrected chi connectivity index (χ3v) is 5.12. The second-order valence-corrected chi connectivity index (χ2v) is 6.68. The molecule has 3 rings (SSSR count). The molecule has 22 heavy (non-hydrogen) atoms. The van der Waals surface area contributed by atoms with E-state index in [-0.39, 0.29) is 5.91 Å². The van der Waals surface area contributed by atoms with E-state index in [1.807, 2.05) is 43.3 Å². The summed E-state index contributed by atoms with van der Waals surface area (Å²) in [7, 11) is 1.62. The fourth-order valence-corrected chi connectivity index (χ4v) is 3.81. The van der Waals surface area contributed by atoms with E-state index in [0.29, 0.717) is 5.57 Å². The number of fused-ring (bicyclic) bond motifs is 1. The Hall–Kier alpha value is -1.59. The number of benzene rings is 2. The molecule has 1 amide bonds. The van der Waals surface area contributed by atoms with Gasteiger partial charge in [-0.3, -0.25) is 4.79 Å². The Morgan fingerprint density at radius 3 is 2.64 bits per heavy atom. The molecule has 0 spiro atoms. The van der Waals surface area contributed by atoms with Gasteiger partial charge in [-0.05, 0) is 46.6 Å². The summed E-state index contributed by atoms with van der Waals surface area (Å²) >= 11 is 7.04. The monoisotopic (exact) mass is 421 g/mol. The zero-order chi connectivity index (χ0) is 15.9. The number of methoxy groups -OCH3 is 1. The highest BCUT2D eigenvalue weighted by Crippen LogP contribution is 2.43. The summed E-state index contributed by atoms with van der Waals surface area (Å²) in [6.07, 6.45) is 1.87. The quantitative estimate of drug-likeness (QED) is 0.690. The number of halogens is 2. The van der Waals surface area contributed by atoms with Crippen LogP contribution in [0.4, 0.5) is 5.69 Å². The number of carbonyl (C=O) groups is 1. The van der Waals surface area contributed by atoms with Crippen LogP contribution in [0.15, 0.2) is 39.3 Å². The Kier molecular flexibility index (Phi) is 4.10. The van der Waals surface area contributed by atoms with Gasteiger partial charge in [0.1, 0.15) is 5.75 Å². The topological polar surface area (TPSA) is 38.3 Å². The first-order chi connectivity index (χ1) is 10.5. The molecule has 1 heterocycles. The van der Waals surface area contributed by atoms with Gasteiger partial charge in [0, 0.05) is 20.1 Å². The molecule has 3 nitrogen and oxygen atoms in total. The molecule has 0 aromatic heterocycles. The van der Waals surface area contributed by atoms with Crippen molar-refractivity contribution in [2.75, 3.05) is 12.4 Å². The minimum Gasteiger partial charge on any atom is -0.496 e. The summed E-state index contributed by atoms with van der Waals surface area (Å²) in [5, 5.41) is 2.93. The van der Waals surface area contributed by atoms with Crippen molar-refractivity contribution in [2.45, 2.75) is 6.92 Å². The molecule has 1 N–H and O–H groups in total. The summed E-state index contributed by atoms with van der Waals surface area (Å²) in [6.45, 7) is 1.99. The number of nitrogens with one attached hydrogen (secondary N) is 1. The largest absolute Gasteiger partial charge is 0.496 e. The molecule has 2 aromatic carbocycles. The SMILES string of the molecule is COc1ccccc1C=C1C(=O)Nc2c(Br)cc(Br)c(C)c21. The van der Waals surface area contributed by atoms with Crippen molar-refractivity contribution < 1.29 is 9.53 Å². The first-order valence-electron chi connectivity index (χ1n) is 6.68. The van der Waals surface area contributed by atoms with Crippen molar-refractivity contribution in [1.82, 2.24) is 0 Å².